The van der Waals surface area contributed by atoms with Gasteiger partial charge in [-0.3, -0.25) is 4.79 Å². The molecule has 17 heavy (non-hydrogen) atoms. The third kappa shape index (κ3) is 2.91. The van der Waals surface area contributed by atoms with E-state index in [1.807, 2.05) is 20.8 Å². The molecule has 0 heterocycles. The average Bonchev–Trinajstić information content (AvgIpc) is 2.19. The first kappa shape index (κ1) is 13.8. The molecule has 1 aromatic rings. The molecule has 0 amide bonds. The zero-order valence-corrected chi connectivity index (χ0v) is 11.3. The largest absolute Gasteiger partial charge is 0.496 e. The third-order valence-electron chi connectivity index (χ3n) is 2.85. The monoisotopic (exact) mass is 256 g/mol. The summed E-state index contributed by atoms with van der Waals surface area (Å²) in [4.78, 5) is 10.9. The Morgan fingerprint density at radius 3 is 2.53 bits per heavy atom. The first-order valence-electron chi connectivity index (χ1n) is 5.35. The van der Waals surface area contributed by atoms with Crippen LogP contribution < -0.4 is 4.74 Å². The first-order valence-corrected chi connectivity index (χ1v) is 5.72. The van der Waals surface area contributed by atoms with E-state index < -0.39 is 11.4 Å². The maximum Gasteiger partial charge on any atom is 0.304 e. The van der Waals surface area contributed by atoms with Gasteiger partial charge in [-0.2, -0.15) is 0 Å². The molecule has 1 aromatic carbocycles. The summed E-state index contributed by atoms with van der Waals surface area (Å²) in [5.74, 6) is -0.158. The average molecular weight is 257 g/mol. The minimum absolute atomic E-state index is 0.0323. The lowest BCUT2D eigenvalue weighted by Crippen LogP contribution is -2.23. The van der Waals surface area contributed by atoms with Gasteiger partial charge < -0.3 is 9.84 Å². The van der Waals surface area contributed by atoms with E-state index >= 15 is 0 Å². The van der Waals surface area contributed by atoms with Gasteiger partial charge >= 0.3 is 5.97 Å². The summed E-state index contributed by atoms with van der Waals surface area (Å²) >= 11 is 6.08. The lowest BCUT2D eigenvalue weighted by atomic mass is 9.78. The predicted molar refractivity (Wildman–Crippen MR) is 68.0 cm³/mol. The van der Waals surface area contributed by atoms with Gasteiger partial charge in [-0.1, -0.05) is 25.4 Å². The zero-order chi connectivity index (χ0) is 13.2. The lowest BCUT2D eigenvalue weighted by molar-refractivity contribution is -0.138. The highest BCUT2D eigenvalue weighted by atomic mass is 35.5. The van der Waals surface area contributed by atoms with Crippen LogP contribution in [-0.4, -0.2) is 18.2 Å². The molecule has 0 aliphatic heterocycles. The van der Waals surface area contributed by atoms with Crippen LogP contribution in [0.4, 0.5) is 0 Å². The maximum absolute atomic E-state index is 10.9. The standard InChI is InChI=1S/C13H17ClO3/c1-8-9(14)5-6-10(17-4)12(8)13(2,3)7-11(15)16/h5-6H,7H2,1-4H3,(H,15,16). The van der Waals surface area contributed by atoms with Gasteiger partial charge in [0.2, 0.25) is 0 Å². The van der Waals surface area contributed by atoms with Gasteiger partial charge in [0.05, 0.1) is 13.5 Å². The van der Waals surface area contributed by atoms with Crippen LogP contribution in [0.2, 0.25) is 5.02 Å². The van der Waals surface area contributed by atoms with Crippen molar-refractivity contribution in [3.63, 3.8) is 0 Å². The van der Waals surface area contributed by atoms with Gasteiger partial charge in [0.1, 0.15) is 5.75 Å². The van der Waals surface area contributed by atoms with Crippen LogP contribution in [0, 0.1) is 6.92 Å². The molecule has 1 N–H and O–H groups in total. The fourth-order valence-electron chi connectivity index (χ4n) is 2.14. The molecule has 0 aliphatic rings. The highest BCUT2D eigenvalue weighted by molar-refractivity contribution is 6.31. The second kappa shape index (κ2) is 4.96. The van der Waals surface area contributed by atoms with Crippen molar-refractivity contribution in [1.82, 2.24) is 0 Å². The van der Waals surface area contributed by atoms with E-state index in [1.54, 1.807) is 19.2 Å². The zero-order valence-electron chi connectivity index (χ0n) is 10.5. The Balaban J connectivity index is 3.37. The molecule has 0 saturated heterocycles. The summed E-state index contributed by atoms with van der Waals surface area (Å²) in [6.45, 7) is 5.63. The fourth-order valence-corrected chi connectivity index (χ4v) is 2.30. The molecule has 4 heteroatoms. The molecular weight excluding hydrogens is 240 g/mol. The van der Waals surface area contributed by atoms with Gasteiger partial charge in [-0.25, -0.2) is 0 Å². The molecule has 94 valence electrons. The molecule has 1 rings (SSSR count). The van der Waals surface area contributed by atoms with Crippen LogP contribution in [0.3, 0.4) is 0 Å². The van der Waals surface area contributed by atoms with Gasteiger partial charge in [0.25, 0.3) is 0 Å². The lowest BCUT2D eigenvalue weighted by Gasteiger charge is -2.27. The second-order valence-corrected chi connectivity index (χ2v) is 5.11. The molecule has 0 aliphatic carbocycles. The van der Waals surface area contributed by atoms with Crippen molar-refractivity contribution in [3.8, 4) is 5.75 Å². The van der Waals surface area contributed by atoms with E-state index in [4.69, 9.17) is 21.4 Å². The van der Waals surface area contributed by atoms with Crippen LogP contribution in [0.1, 0.15) is 31.4 Å². The molecule has 0 radical (unpaired) electrons. The van der Waals surface area contributed by atoms with Gasteiger partial charge in [-0.05, 0) is 24.6 Å². The Kier molecular flexibility index (Phi) is 4.04. The summed E-state index contributed by atoms with van der Waals surface area (Å²) in [6.07, 6.45) is 0.0323. The van der Waals surface area contributed by atoms with Crippen molar-refractivity contribution < 1.29 is 14.6 Å². The van der Waals surface area contributed by atoms with E-state index in [1.165, 1.54) is 0 Å². The van der Waals surface area contributed by atoms with E-state index in [-0.39, 0.29) is 6.42 Å². The normalized spacial score (nSPS) is 11.4. The summed E-state index contributed by atoms with van der Waals surface area (Å²) in [6, 6.07) is 3.53. The first-order chi connectivity index (χ1) is 7.79. The molecule has 0 spiro atoms. The molecule has 0 bridgehead atoms. The number of hydrogen-bond acceptors (Lipinski definition) is 2. The van der Waals surface area contributed by atoms with Gasteiger partial charge in [0.15, 0.2) is 0 Å². The smallest absolute Gasteiger partial charge is 0.304 e. The van der Waals surface area contributed by atoms with Crippen molar-refractivity contribution in [2.45, 2.75) is 32.6 Å². The van der Waals surface area contributed by atoms with Crippen LogP contribution >= 0.6 is 11.6 Å². The quantitative estimate of drug-likeness (QED) is 0.898. The minimum atomic E-state index is -0.837. The van der Waals surface area contributed by atoms with Crippen molar-refractivity contribution >= 4 is 17.6 Å². The number of carboxylic acid groups (broad SMARTS) is 1. The topological polar surface area (TPSA) is 46.5 Å². The van der Waals surface area contributed by atoms with E-state index in [0.717, 1.165) is 11.1 Å². The third-order valence-corrected chi connectivity index (χ3v) is 3.26. The van der Waals surface area contributed by atoms with Crippen LogP contribution in [0.5, 0.6) is 5.75 Å². The van der Waals surface area contributed by atoms with Crippen molar-refractivity contribution in [1.29, 1.82) is 0 Å². The van der Waals surface area contributed by atoms with Gasteiger partial charge in [-0.15, -0.1) is 0 Å². The molecule has 0 aromatic heterocycles. The van der Waals surface area contributed by atoms with Crippen molar-refractivity contribution in [3.05, 3.63) is 28.3 Å². The number of halogens is 1. The number of rotatable bonds is 4. The van der Waals surface area contributed by atoms with E-state index in [0.29, 0.717) is 10.8 Å². The van der Waals surface area contributed by atoms with Crippen LogP contribution in [-0.2, 0) is 10.2 Å². The highest BCUT2D eigenvalue weighted by Crippen LogP contribution is 2.39. The van der Waals surface area contributed by atoms with Crippen LogP contribution in [0.15, 0.2) is 12.1 Å². The fraction of sp³-hybridized carbons (Fsp3) is 0.462. The number of methoxy groups -OCH3 is 1. The summed E-state index contributed by atoms with van der Waals surface area (Å²) in [7, 11) is 1.57. The number of benzene rings is 1. The van der Waals surface area contributed by atoms with E-state index in [2.05, 4.69) is 0 Å². The number of carbonyl (C=O) groups is 1. The highest BCUT2D eigenvalue weighted by Gasteiger charge is 2.29. The second-order valence-electron chi connectivity index (χ2n) is 4.70. The number of hydrogen-bond donors (Lipinski definition) is 1. The van der Waals surface area contributed by atoms with Gasteiger partial charge in [0, 0.05) is 16.0 Å². The number of carboxylic acids is 1. The number of aliphatic carboxylic acids is 1. The summed E-state index contributed by atoms with van der Waals surface area (Å²) in [5.41, 5.74) is 1.21. The van der Waals surface area contributed by atoms with Crippen molar-refractivity contribution in [2.75, 3.05) is 7.11 Å². The maximum atomic E-state index is 10.9. The van der Waals surface area contributed by atoms with Crippen LogP contribution in [0.25, 0.3) is 0 Å². The summed E-state index contributed by atoms with van der Waals surface area (Å²) in [5, 5.41) is 9.58. The number of ether oxygens (including phenoxy) is 1. The van der Waals surface area contributed by atoms with E-state index in [9.17, 15) is 4.79 Å². The Hall–Kier alpha value is -1.22. The summed E-state index contributed by atoms with van der Waals surface area (Å²) < 4.78 is 5.30. The molecule has 0 saturated carbocycles. The Labute approximate surface area is 106 Å². The Morgan fingerprint density at radius 1 is 1.47 bits per heavy atom. The molecule has 0 atom stereocenters. The van der Waals surface area contributed by atoms with Crippen molar-refractivity contribution in [2.24, 2.45) is 0 Å². The minimum Gasteiger partial charge on any atom is -0.496 e. The molecule has 0 fully saturated rings. The molecule has 3 nitrogen and oxygen atoms in total. The SMILES string of the molecule is COc1ccc(Cl)c(C)c1C(C)(C)CC(=O)O. The Bertz CT molecular complexity index is 439. The molecular formula is C13H17ClO3. The Morgan fingerprint density at radius 2 is 2.06 bits per heavy atom. The predicted octanol–water partition coefficient (Wildman–Crippen LogP) is 3.41. The molecule has 0 unspecified atom stereocenters.